The Hall–Kier alpha value is -2.36. The van der Waals surface area contributed by atoms with Gasteiger partial charge in [-0.25, -0.2) is 0 Å². The van der Waals surface area contributed by atoms with Gasteiger partial charge in [-0.05, 0) is 55.9 Å². The number of hydrogen-bond donors (Lipinski definition) is 0. The molecule has 1 spiro atoms. The van der Waals surface area contributed by atoms with Gasteiger partial charge in [0.15, 0.2) is 11.5 Å². The van der Waals surface area contributed by atoms with Crippen LogP contribution in [0.25, 0.3) is 0 Å². The normalized spacial score (nSPS) is 22.6. The maximum atomic E-state index is 6.62. The third-order valence-corrected chi connectivity index (χ3v) is 6.07. The highest BCUT2D eigenvalue weighted by atomic mass is 16.7. The molecule has 0 amide bonds. The lowest BCUT2D eigenvalue weighted by Crippen LogP contribution is -2.42. The molecule has 2 heterocycles. The van der Waals surface area contributed by atoms with Crippen LogP contribution in [0.15, 0.2) is 36.4 Å². The lowest BCUT2D eigenvalue weighted by molar-refractivity contribution is 0.00518. The Morgan fingerprint density at radius 3 is 2.38 bits per heavy atom. The van der Waals surface area contributed by atoms with Crippen molar-refractivity contribution < 1.29 is 18.9 Å². The van der Waals surface area contributed by atoms with Crippen LogP contribution in [-0.4, -0.2) is 19.5 Å². The van der Waals surface area contributed by atoms with Crippen molar-refractivity contribution in [1.82, 2.24) is 0 Å². The minimum atomic E-state index is -0.0520. The summed E-state index contributed by atoms with van der Waals surface area (Å²) < 4.78 is 23.2. The molecule has 1 fully saturated rings. The summed E-state index contributed by atoms with van der Waals surface area (Å²) in [5.74, 6) is 3.77. The lowest BCUT2D eigenvalue weighted by Gasteiger charge is -2.44. The number of ether oxygens (including phenoxy) is 4. The molecule has 0 bridgehead atoms. The van der Waals surface area contributed by atoms with Crippen molar-refractivity contribution in [2.75, 3.05) is 13.9 Å². The highest BCUT2D eigenvalue weighted by Gasteiger charge is 2.43. The zero-order chi connectivity index (χ0) is 17.6. The van der Waals surface area contributed by atoms with Crippen molar-refractivity contribution in [2.45, 2.75) is 50.0 Å². The van der Waals surface area contributed by atoms with Gasteiger partial charge in [-0.15, -0.1) is 0 Å². The summed E-state index contributed by atoms with van der Waals surface area (Å²) in [5.41, 5.74) is 2.46. The van der Waals surface area contributed by atoms with Gasteiger partial charge in [0.25, 0.3) is 0 Å². The van der Waals surface area contributed by atoms with Gasteiger partial charge in [-0.3, -0.25) is 0 Å². The molecular formula is C22H24O4. The van der Waals surface area contributed by atoms with E-state index in [1.165, 1.54) is 30.4 Å². The zero-order valence-electron chi connectivity index (χ0n) is 15.1. The Morgan fingerprint density at radius 2 is 1.65 bits per heavy atom. The van der Waals surface area contributed by atoms with Crippen LogP contribution in [0.1, 0.15) is 55.6 Å². The van der Waals surface area contributed by atoms with E-state index in [4.69, 9.17) is 18.9 Å². The Labute approximate surface area is 154 Å². The van der Waals surface area contributed by atoms with Crippen LogP contribution in [-0.2, 0) is 0 Å². The first kappa shape index (κ1) is 15.9. The van der Waals surface area contributed by atoms with Crippen LogP contribution in [0.4, 0.5) is 0 Å². The van der Waals surface area contributed by atoms with Gasteiger partial charge in [0.1, 0.15) is 17.1 Å². The predicted molar refractivity (Wildman–Crippen MR) is 98.5 cm³/mol. The number of hydrogen-bond acceptors (Lipinski definition) is 4. The smallest absolute Gasteiger partial charge is 0.231 e. The molecule has 1 saturated carbocycles. The summed E-state index contributed by atoms with van der Waals surface area (Å²) in [7, 11) is 1.70. The molecule has 1 unspecified atom stereocenters. The van der Waals surface area contributed by atoms with E-state index in [1.54, 1.807) is 7.11 Å². The highest BCUT2D eigenvalue weighted by molar-refractivity contribution is 5.56. The standard InChI is InChI=1S/C22H24O4/c1-23-16-7-5-15(6-8-16)18-13-22(9-3-2-4-10-22)26-19-12-21-20(11-17(18)19)24-14-25-21/h5-8,11-12,18H,2-4,9-10,13-14H2,1H3. The van der Waals surface area contributed by atoms with Gasteiger partial charge in [-0.1, -0.05) is 18.6 Å². The van der Waals surface area contributed by atoms with Gasteiger partial charge in [0.2, 0.25) is 6.79 Å². The first-order chi connectivity index (χ1) is 12.8. The lowest BCUT2D eigenvalue weighted by atomic mass is 9.72. The summed E-state index contributed by atoms with van der Waals surface area (Å²) in [6.45, 7) is 0.288. The fourth-order valence-electron chi connectivity index (χ4n) is 4.69. The van der Waals surface area contributed by atoms with Crippen molar-refractivity contribution in [2.24, 2.45) is 0 Å². The van der Waals surface area contributed by atoms with E-state index >= 15 is 0 Å². The summed E-state index contributed by atoms with van der Waals surface area (Å²) >= 11 is 0. The average molecular weight is 352 g/mol. The van der Waals surface area contributed by atoms with E-state index in [-0.39, 0.29) is 12.4 Å². The maximum absolute atomic E-state index is 6.62. The first-order valence-electron chi connectivity index (χ1n) is 9.53. The molecule has 2 aromatic carbocycles. The number of rotatable bonds is 2. The molecule has 0 N–H and O–H groups in total. The highest BCUT2D eigenvalue weighted by Crippen LogP contribution is 2.52. The molecule has 2 aromatic rings. The third-order valence-electron chi connectivity index (χ3n) is 6.07. The van der Waals surface area contributed by atoms with Gasteiger partial charge in [0.05, 0.1) is 7.11 Å². The fraction of sp³-hybridized carbons (Fsp3) is 0.455. The van der Waals surface area contributed by atoms with E-state index < -0.39 is 0 Å². The molecule has 0 radical (unpaired) electrons. The molecule has 4 heteroatoms. The summed E-state index contributed by atoms with van der Waals surface area (Å²) in [4.78, 5) is 0. The minimum Gasteiger partial charge on any atom is -0.497 e. The van der Waals surface area contributed by atoms with E-state index in [9.17, 15) is 0 Å². The average Bonchev–Trinajstić information content (AvgIpc) is 3.14. The second-order valence-electron chi connectivity index (χ2n) is 7.62. The molecular weight excluding hydrogens is 328 g/mol. The molecule has 1 aliphatic carbocycles. The van der Waals surface area contributed by atoms with Gasteiger partial charge < -0.3 is 18.9 Å². The quantitative estimate of drug-likeness (QED) is 0.759. The van der Waals surface area contributed by atoms with E-state index in [2.05, 4.69) is 18.2 Å². The Kier molecular flexibility index (Phi) is 3.73. The molecule has 26 heavy (non-hydrogen) atoms. The van der Waals surface area contributed by atoms with Crippen molar-refractivity contribution in [3.63, 3.8) is 0 Å². The molecule has 5 rings (SSSR count). The first-order valence-corrected chi connectivity index (χ1v) is 9.53. The second-order valence-corrected chi connectivity index (χ2v) is 7.62. The summed E-state index contributed by atoms with van der Waals surface area (Å²) in [6.07, 6.45) is 7.09. The second kappa shape index (κ2) is 6.11. The molecule has 0 saturated heterocycles. The number of benzene rings is 2. The molecule has 136 valence electrons. The molecule has 2 aliphatic heterocycles. The monoisotopic (exact) mass is 352 g/mol. The van der Waals surface area contributed by atoms with E-state index in [0.29, 0.717) is 5.92 Å². The van der Waals surface area contributed by atoms with E-state index in [1.807, 2.05) is 18.2 Å². The Bertz CT molecular complexity index is 806. The van der Waals surface area contributed by atoms with Gasteiger partial charge in [0, 0.05) is 17.5 Å². The summed E-state index contributed by atoms with van der Waals surface area (Å²) in [5, 5.41) is 0. The predicted octanol–water partition coefficient (Wildman–Crippen LogP) is 5.04. The SMILES string of the molecule is COc1ccc(C2CC3(CCCCC3)Oc3cc4c(cc32)OCO4)cc1. The van der Waals surface area contributed by atoms with Crippen molar-refractivity contribution in [3.8, 4) is 23.0 Å². The Balaban J connectivity index is 1.60. The van der Waals surface area contributed by atoms with Gasteiger partial charge in [-0.2, -0.15) is 0 Å². The molecule has 1 atom stereocenters. The molecule has 0 aromatic heterocycles. The van der Waals surface area contributed by atoms with Crippen LogP contribution >= 0.6 is 0 Å². The summed E-state index contributed by atoms with van der Waals surface area (Å²) in [6, 6.07) is 12.6. The maximum Gasteiger partial charge on any atom is 0.231 e. The van der Waals surface area contributed by atoms with Crippen LogP contribution in [0.5, 0.6) is 23.0 Å². The minimum absolute atomic E-state index is 0.0520. The fourth-order valence-corrected chi connectivity index (χ4v) is 4.69. The van der Waals surface area contributed by atoms with Crippen molar-refractivity contribution in [3.05, 3.63) is 47.5 Å². The topological polar surface area (TPSA) is 36.9 Å². The Morgan fingerprint density at radius 1 is 0.923 bits per heavy atom. The van der Waals surface area contributed by atoms with Crippen LogP contribution in [0.2, 0.25) is 0 Å². The molecule has 4 nitrogen and oxygen atoms in total. The van der Waals surface area contributed by atoms with Crippen LogP contribution in [0, 0.1) is 0 Å². The van der Waals surface area contributed by atoms with E-state index in [0.717, 1.165) is 42.3 Å². The van der Waals surface area contributed by atoms with Crippen LogP contribution in [0.3, 0.4) is 0 Å². The third kappa shape index (κ3) is 2.59. The zero-order valence-corrected chi connectivity index (χ0v) is 15.1. The molecule has 3 aliphatic rings. The largest absolute Gasteiger partial charge is 0.497 e. The van der Waals surface area contributed by atoms with Crippen molar-refractivity contribution >= 4 is 0 Å². The van der Waals surface area contributed by atoms with Gasteiger partial charge >= 0.3 is 0 Å². The van der Waals surface area contributed by atoms with Crippen molar-refractivity contribution in [1.29, 1.82) is 0 Å². The van der Waals surface area contributed by atoms with Crippen LogP contribution < -0.4 is 18.9 Å². The number of methoxy groups -OCH3 is 1. The number of fused-ring (bicyclic) bond motifs is 2.